The van der Waals surface area contributed by atoms with E-state index in [0.29, 0.717) is 11.3 Å². The zero-order valence-corrected chi connectivity index (χ0v) is 15.0. The van der Waals surface area contributed by atoms with E-state index >= 15 is 0 Å². The van der Waals surface area contributed by atoms with Crippen LogP contribution in [0.5, 0.6) is 5.75 Å². The van der Waals surface area contributed by atoms with Crippen molar-refractivity contribution in [2.24, 2.45) is 5.92 Å². The number of carbonyl (C=O) groups is 2. The second-order valence-electron chi connectivity index (χ2n) is 7.03. The van der Waals surface area contributed by atoms with Crippen molar-refractivity contribution in [3.05, 3.63) is 71.3 Å². The molecule has 0 fully saturated rings. The lowest BCUT2D eigenvalue weighted by molar-refractivity contribution is -0.139. The first kappa shape index (κ1) is 17.3. The Morgan fingerprint density at radius 2 is 1.96 bits per heavy atom. The first-order valence-electron chi connectivity index (χ1n) is 9.03. The molecule has 0 bridgehead atoms. The monoisotopic (exact) mass is 363 g/mol. The maximum Gasteiger partial charge on any atom is 0.326 e. The van der Waals surface area contributed by atoms with Crippen molar-refractivity contribution in [2.45, 2.75) is 24.8 Å². The van der Waals surface area contributed by atoms with Gasteiger partial charge in [-0.15, -0.1) is 0 Å². The highest BCUT2D eigenvalue weighted by Gasteiger charge is 2.41. The number of carboxylic acid groups (broad SMARTS) is 1. The number of rotatable bonds is 5. The van der Waals surface area contributed by atoms with Gasteiger partial charge < -0.3 is 15.2 Å². The number of allylic oxidation sites excluding steroid dienone is 2. The van der Waals surface area contributed by atoms with Crippen molar-refractivity contribution < 1.29 is 19.4 Å². The largest absolute Gasteiger partial charge is 0.497 e. The second kappa shape index (κ2) is 6.91. The average molecular weight is 363 g/mol. The molecule has 1 aliphatic heterocycles. The summed E-state index contributed by atoms with van der Waals surface area (Å²) < 4.78 is 5.15. The summed E-state index contributed by atoms with van der Waals surface area (Å²) in [6.45, 7) is 0. The van der Waals surface area contributed by atoms with E-state index in [1.165, 1.54) is 0 Å². The van der Waals surface area contributed by atoms with Gasteiger partial charge in [-0.3, -0.25) is 4.79 Å². The number of Topliss-reactive ketones (excluding diaryl/α,β-unsaturated/α-hetero) is 1. The molecule has 2 N–H and O–H groups in total. The number of anilines is 1. The molecule has 0 radical (unpaired) electrons. The van der Waals surface area contributed by atoms with Crippen LogP contribution in [0.15, 0.2) is 54.6 Å². The first-order chi connectivity index (χ1) is 13.1. The van der Waals surface area contributed by atoms with Crippen LogP contribution in [-0.2, 0) is 11.2 Å². The Bertz CT molecular complexity index is 916. The van der Waals surface area contributed by atoms with Crippen LogP contribution in [-0.4, -0.2) is 30.0 Å². The minimum Gasteiger partial charge on any atom is -0.497 e. The minimum atomic E-state index is -0.878. The summed E-state index contributed by atoms with van der Waals surface area (Å²) in [6.07, 6.45) is 5.09. The van der Waals surface area contributed by atoms with E-state index in [1.54, 1.807) is 13.2 Å². The summed E-state index contributed by atoms with van der Waals surface area (Å²) in [7, 11) is 1.60. The van der Waals surface area contributed by atoms with E-state index in [1.807, 2.05) is 42.5 Å². The molecule has 138 valence electrons. The van der Waals surface area contributed by atoms with E-state index in [0.717, 1.165) is 23.3 Å². The minimum absolute atomic E-state index is 0.0121. The molecule has 3 atom stereocenters. The van der Waals surface area contributed by atoms with Gasteiger partial charge in [0.2, 0.25) is 0 Å². The van der Waals surface area contributed by atoms with Crippen molar-refractivity contribution in [3.63, 3.8) is 0 Å². The van der Waals surface area contributed by atoms with Gasteiger partial charge in [0.25, 0.3) is 0 Å². The summed E-state index contributed by atoms with van der Waals surface area (Å²) in [5.41, 5.74) is 3.11. The zero-order valence-electron chi connectivity index (χ0n) is 15.0. The Kier molecular flexibility index (Phi) is 4.44. The number of ketones is 1. The van der Waals surface area contributed by atoms with Gasteiger partial charge >= 0.3 is 5.97 Å². The Labute approximate surface area is 157 Å². The van der Waals surface area contributed by atoms with Crippen LogP contribution in [0.3, 0.4) is 0 Å². The number of nitrogens with one attached hydrogen (secondary N) is 1. The van der Waals surface area contributed by atoms with E-state index in [-0.39, 0.29) is 24.0 Å². The number of hydrogen-bond donors (Lipinski definition) is 2. The molecule has 2 aromatic carbocycles. The van der Waals surface area contributed by atoms with Crippen LogP contribution >= 0.6 is 0 Å². The summed E-state index contributed by atoms with van der Waals surface area (Å²) in [4.78, 5) is 24.7. The molecule has 1 aliphatic carbocycles. The van der Waals surface area contributed by atoms with Crippen molar-refractivity contribution >= 4 is 17.4 Å². The molecule has 3 unspecified atom stereocenters. The molecule has 4 rings (SSSR count). The molecular weight excluding hydrogens is 342 g/mol. The van der Waals surface area contributed by atoms with Crippen LogP contribution in [0.4, 0.5) is 5.69 Å². The SMILES string of the molecule is COc1ccc(CC(=O)c2cccc3c2NC(C(=O)O)C2CC=CC32)cc1. The molecule has 1 heterocycles. The third-order valence-corrected chi connectivity index (χ3v) is 5.49. The number of carbonyl (C=O) groups excluding carboxylic acids is 1. The second-order valence-corrected chi connectivity index (χ2v) is 7.03. The van der Waals surface area contributed by atoms with Gasteiger partial charge in [0, 0.05) is 29.5 Å². The van der Waals surface area contributed by atoms with Crippen LogP contribution in [0.2, 0.25) is 0 Å². The van der Waals surface area contributed by atoms with Crippen LogP contribution in [0.25, 0.3) is 0 Å². The molecule has 5 nitrogen and oxygen atoms in total. The van der Waals surface area contributed by atoms with Gasteiger partial charge in [0.1, 0.15) is 11.8 Å². The van der Waals surface area contributed by atoms with Crippen molar-refractivity contribution in [1.82, 2.24) is 0 Å². The Balaban J connectivity index is 1.66. The Morgan fingerprint density at radius 3 is 2.67 bits per heavy atom. The molecule has 0 saturated heterocycles. The van der Waals surface area contributed by atoms with Gasteiger partial charge in [0.15, 0.2) is 5.78 Å². The lowest BCUT2D eigenvalue weighted by atomic mass is 9.78. The van der Waals surface area contributed by atoms with Gasteiger partial charge in [-0.05, 0) is 35.7 Å². The number of methoxy groups -OCH3 is 1. The predicted molar refractivity (Wildman–Crippen MR) is 103 cm³/mol. The number of fused-ring (bicyclic) bond motifs is 3. The first-order valence-corrected chi connectivity index (χ1v) is 9.03. The average Bonchev–Trinajstić information content (AvgIpc) is 3.17. The standard InChI is InChI=1S/C22H21NO4/c1-27-14-10-8-13(9-11-14)12-19(24)18-7-3-5-16-15-4-2-6-17(15)21(22(25)26)23-20(16)18/h2-5,7-11,15,17,21,23H,6,12H2,1H3,(H,25,26). The van der Waals surface area contributed by atoms with Crippen molar-refractivity contribution in [1.29, 1.82) is 0 Å². The highest BCUT2D eigenvalue weighted by molar-refractivity contribution is 6.04. The van der Waals surface area contributed by atoms with Crippen LogP contribution in [0, 0.1) is 5.92 Å². The van der Waals surface area contributed by atoms with Gasteiger partial charge in [-0.1, -0.05) is 36.4 Å². The van der Waals surface area contributed by atoms with Crippen LogP contribution < -0.4 is 10.1 Å². The topological polar surface area (TPSA) is 75.6 Å². The Morgan fingerprint density at radius 1 is 1.19 bits per heavy atom. The van der Waals surface area contributed by atoms with E-state index in [4.69, 9.17) is 4.74 Å². The normalized spacial score (nSPS) is 22.5. The van der Waals surface area contributed by atoms with Gasteiger partial charge in [-0.2, -0.15) is 0 Å². The molecule has 5 heteroatoms. The van der Waals surface area contributed by atoms with E-state index in [9.17, 15) is 14.7 Å². The fraction of sp³-hybridized carbons (Fsp3) is 0.273. The fourth-order valence-corrected chi connectivity index (χ4v) is 4.12. The number of para-hydroxylation sites is 1. The number of ether oxygens (including phenoxy) is 1. The predicted octanol–water partition coefficient (Wildman–Crippen LogP) is 3.66. The van der Waals surface area contributed by atoms with Crippen molar-refractivity contribution in [2.75, 3.05) is 12.4 Å². The highest BCUT2D eigenvalue weighted by atomic mass is 16.5. The van der Waals surface area contributed by atoms with E-state index < -0.39 is 12.0 Å². The molecule has 0 spiro atoms. The molecular formula is C22H21NO4. The highest BCUT2D eigenvalue weighted by Crippen LogP contribution is 2.45. The van der Waals surface area contributed by atoms with Gasteiger partial charge in [0.05, 0.1) is 7.11 Å². The maximum absolute atomic E-state index is 13.0. The number of carboxylic acids is 1. The zero-order chi connectivity index (χ0) is 19.0. The number of hydrogen-bond acceptors (Lipinski definition) is 4. The molecule has 2 aliphatic rings. The number of aliphatic carboxylic acids is 1. The lowest BCUT2D eigenvalue weighted by Gasteiger charge is -2.35. The molecule has 27 heavy (non-hydrogen) atoms. The van der Waals surface area contributed by atoms with Crippen molar-refractivity contribution in [3.8, 4) is 5.75 Å². The molecule has 2 aromatic rings. The van der Waals surface area contributed by atoms with Gasteiger partial charge in [-0.25, -0.2) is 4.79 Å². The fourth-order valence-electron chi connectivity index (χ4n) is 4.12. The Hall–Kier alpha value is -3.08. The smallest absolute Gasteiger partial charge is 0.326 e. The van der Waals surface area contributed by atoms with Crippen LogP contribution in [0.1, 0.15) is 33.8 Å². The third-order valence-electron chi connectivity index (χ3n) is 5.49. The quantitative estimate of drug-likeness (QED) is 0.626. The molecule has 0 saturated carbocycles. The maximum atomic E-state index is 13.0. The van der Waals surface area contributed by atoms with E-state index in [2.05, 4.69) is 11.4 Å². The summed E-state index contributed by atoms with van der Waals surface area (Å²) >= 11 is 0. The molecule has 0 aromatic heterocycles. The summed E-state index contributed by atoms with van der Waals surface area (Å²) in [5, 5.41) is 12.8. The lowest BCUT2D eigenvalue weighted by Crippen LogP contribution is -2.42. The summed E-state index contributed by atoms with van der Waals surface area (Å²) in [6, 6.07) is 12.3. The molecule has 0 amide bonds. The summed E-state index contributed by atoms with van der Waals surface area (Å²) in [5.74, 6) is -0.141. The number of benzene rings is 2. The third kappa shape index (κ3) is 3.10.